The number of thioether (sulfide) groups is 1. The second-order valence-electron chi connectivity index (χ2n) is 6.96. The number of carbonyl (C=O) groups is 1. The van der Waals surface area contributed by atoms with E-state index in [2.05, 4.69) is 10.2 Å². The van der Waals surface area contributed by atoms with Gasteiger partial charge in [-0.05, 0) is 30.5 Å². The van der Waals surface area contributed by atoms with Crippen LogP contribution in [0, 0.1) is 11.2 Å². The maximum absolute atomic E-state index is 13.2. The van der Waals surface area contributed by atoms with Gasteiger partial charge in [-0.25, -0.2) is 4.39 Å². The molecule has 1 aromatic carbocycles. The van der Waals surface area contributed by atoms with E-state index in [1.54, 1.807) is 27.9 Å². The molecule has 0 spiro atoms. The number of hydrogen-bond donors (Lipinski definition) is 2. The first-order valence-electron chi connectivity index (χ1n) is 8.71. The number of aliphatic hydroxyl groups is 2. The molecule has 27 heavy (non-hydrogen) atoms. The van der Waals surface area contributed by atoms with Crippen LogP contribution >= 0.6 is 11.8 Å². The SMILES string of the molecule is Cn1cnnc1SCC(=O)N1CC[C@H](O)[C@@](CO)(Cc2ccc(F)cc2)C1. The first kappa shape index (κ1) is 19.8. The van der Waals surface area contributed by atoms with Crippen molar-refractivity contribution in [1.29, 1.82) is 0 Å². The fourth-order valence-electron chi connectivity index (χ4n) is 3.38. The summed E-state index contributed by atoms with van der Waals surface area (Å²) in [6.45, 7) is 0.427. The van der Waals surface area contributed by atoms with Crippen LogP contribution in [0.15, 0.2) is 35.7 Å². The van der Waals surface area contributed by atoms with Crippen molar-refractivity contribution in [2.75, 3.05) is 25.4 Å². The predicted molar refractivity (Wildman–Crippen MR) is 98.6 cm³/mol. The Balaban J connectivity index is 1.68. The fraction of sp³-hybridized carbons (Fsp3) is 0.500. The number of carbonyl (C=O) groups excluding carboxylic acids is 1. The number of halogens is 1. The molecule has 1 aliphatic rings. The van der Waals surface area contributed by atoms with Crippen LogP contribution < -0.4 is 0 Å². The molecule has 1 amide bonds. The molecule has 1 aromatic heterocycles. The summed E-state index contributed by atoms with van der Waals surface area (Å²) in [5.41, 5.74) is -0.0477. The Morgan fingerprint density at radius 2 is 2.15 bits per heavy atom. The summed E-state index contributed by atoms with van der Waals surface area (Å²) in [6, 6.07) is 6.00. The lowest BCUT2D eigenvalue weighted by Crippen LogP contribution is -2.56. The highest BCUT2D eigenvalue weighted by Gasteiger charge is 2.43. The predicted octanol–water partition coefficient (Wildman–Crippen LogP) is 0.861. The summed E-state index contributed by atoms with van der Waals surface area (Å²) in [6.07, 6.45) is 1.60. The van der Waals surface area contributed by atoms with Gasteiger partial charge in [0.05, 0.1) is 18.5 Å². The molecule has 1 fully saturated rings. The number of rotatable bonds is 6. The Hall–Kier alpha value is -1.97. The highest BCUT2D eigenvalue weighted by atomic mass is 32.2. The van der Waals surface area contributed by atoms with Gasteiger partial charge < -0.3 is 19.7 Å². The number of nitrogens with zero attached hydrogens (tertiary/aromatic N) is 4. The molecule has 7 nitrogen and oxygen atoms in total. The van der Waals surface area contributed by atoms with Gasteiger partial charge >= 0.3 is 0 Å². The van der Waals surface area contributed by atoms with Gasteiger partial charge in [-0.3, -0.25) is 4.79 Å². The van der Waals surface area contributed by atoms with Crippen molar-refractivity contribution in [3.63, 3.8) is 0 Å². The van der Waals surface area contributed by atoms with E-state index in [-0.39, 0.29) is 30.6 Å². The lowest BCUT2D eigenvalue weighted by molar-refractivity contribution is -0.139. The maximum atomic E-state index is 13.2. The largest absolute Gasteiger partial charge is 0.396 e. The first-order valence-corrected chi connectivity index (χ1v) is 9.70. The topological polar surface area (TPSA) is 91.5 Å². The van der Waals surface area contributed by atoms with E-state index < -0.39 is 11.5 Å². The number of piperidine rings is 1. The molecule has 2 N–H and O–H groups in total. The summed E-state index contributed by atoms with van der Waals surface area (Å²) in [5, 5.41) is 29.0. The van der Waals surface area contributed by atoms with E-state index >= 15 is 0 Å². The highest BCUT2D eigenvalue weighted by molar-refractivity contribution is 7.99. The lowest BCUT2D eigenvalue weighted by atomic mass is 9.73. The number of aryl methyl sites for hydroxylation is 1. The van der Waals surface area contributed by atoms with Crippen LogP contribution in [-0.2, 0) is 18.3 Å². The molecule has 2 atom stereocenters. The highest BCUT2D eigenvalue weighted by Crippen LogP contribution is 2.34. The van der Waals surface area contributed by atoms with Crippen LogP contribution in [0.2, 0.25) is 0 Å². The van der Waals surface area contributed by atoms with E-state index in [4.69, 9.17) is 0 Å². The summed E-state index contributed by atoms with van der Waals surface area (Å²) in [4.78, 5) is 14.3. The number of benzene rings is 1. The zero-order valence-electron chi connectivity index (χ0n) is 15.1. The number of hydrogen-bond acceptors (Lipinski definition) is 6. The van der Waals surface area contributed by atoms with Gasteiger partial charge in [-0.2, -0.15) is 0 Å². The minimum atomic E-state index is -0.860. The molecular weight excluding hydrogens is 371 g/mol. The average Bonchev–Trinajstić information content (AvgIpc) is 3.08. The second-order valence-corrected chi connectivity index (χ2v) is 7.90. The maximum Gasteiger partial charge on any atom is 0.233 e. The first-order chi connectivity index (χ1) is 12.9. The number of aromatic nitrogens is 3. The molecule has 146 valence electrons. The Bertz CT molecular complexity index is 785. The Morgan fingerprint density at radius 3 is 2.78 bits per heavy atom. The van der Waals surface area contributed by atoms with Crippen LogP contribution in [-0.4, -0.2) is 67.3 Å². The minimum Gasteiger partial charge on any atom is -0.396 e. The van der Waals surface area contributed by atoms with Gasteiger partial charge in [0, 0.05) is 25.6 Å². The van der Waals surface area contributed by atoms with E-state index in [1.807, 2.05) is 7.05 Å². The van der Waals surface area contributed by atoms with Gasteiger partial charge in [0.1, 0.15) is 12.1 Å². The van der Waals surface area contributed by atoms with E-state index in [0.717, 1.165) is 5.56 Å². The van der Waals surface area contributed by atoms with Gasteiger partial charge in [-0.15, -0.1) is 10.2 Å². The molecule has 0 bridgehead atoms. The third-order valence-corrected chi connectivity index (χ3v) is 6.04. The second kappa shape index (κ2) is 8.37. The van der Waals surface area contributed by atoms with Crippen LogP contribution in [0.3, 0.4) is 0 Å². The number of amides is 1. The summed E-state index contributed by atoms with van der Waals surface area (Å²) in [5.74, 6) is -0.203. The van der Waals surface area contributed by atoms with Crippen molar-refractivity contribution in [1.82, 2.24) is 19.7 Å². The monoisotopic (exact) mass is 394 g/mol. The zero-order valence-corrected chi connectivity index (χ0v) is 15.9. The molecule has 1 aliphatic heterocycles. The summed E-state index contributed by atoms with van der Waals surface area (Å²) >= 11 is 1.30. The van der Waals surface area contributed by atoms with Crippen LogP contribution in [0.25, 0.3) is 0 Å². The molecule has 1 saturated heterocycles. The van der Waals surface area contributed by atoms with Crippen molar-refractivity contribution < 1.29 is 19.4 Å². The number of aliphatic hydroxyl groups excluding tert-OH is 2. The van der Waals surface area contributed by atoms with Crippen molar-refractivity contribution in [3.05, 3.63) is 42.0 Å². The zero-order chi connectivity index (χ0) is 19.4. The van der Waals surface area contributed by atoms with Crippen molar-refractivity contribution in [2.24, 2.45) is 12.5 Å². The number of likely N-dealkylation sites (tertiary alicyclic amines) is 1. The quantitative estimate of drug-likeness (QED) is 0.707. The van der Waals surface area contributed by atoms with Crippen LogP contribution in [0.4, 0.5) is 4.39 Å². The standard InChI is InChI=1S/C18H23FN4O3S/c1-22-12-20-21-17(22)27-9-16(26)23-7-6-15(25)18(10-23,11-24)8-13-2-4-14(19)5-3-13/h2-5,12,15,24-25H,6-11H2,1H3/t15-,18-/m0/s1. The van der Waals surface area contributed by atoms with Crippen molar-refractivity contribution in [3.8, 4) is 0 Å². The average molecular weight is 394 g/mol. The molecule has 0 unspecified atom stereocenters. The normalized spacial score (nSPS) is 22.8. The van der Waals surface area contributed by atoms with Crippen LogP contribution in [0.1, 0.15) is 12.0 Å². The molecule has 0 saturated carbocycles. The van der Waals surface area contributed by atoms with Gasteiger partial charge in [0.15, 0.2) is 5.16 Å². The Labute approximate surface area is 161 Å². The molecular formula is C18H23FN4O3S. The fourth-order valence-corrected chi connectivity index (χ4v) is 4.17. The van der Waals surface area contributed by atoms with Gasteiger partial charge in [0.2, 0.25) is 5.91 Å². The smallest absolute Gasteiger partial charge is 0.233 e. The third kappa shape index (κ3) is 4.48. The summed E-state index contributed by atoms with van der Waals surface area (Å²) in [7, 11) is 1.81. The molecule has 0 aliphatic carbocycles. The third-order valence-electron chi connectivity index (χ3n) is 5.02. The van der Waals surface area contributed by atoms with E-state index in [1.165, 1.54) is 23.9 Å². The Kier molecular flexibility index (Phi) is 6.13. The van der Waals surface area contributed by atoms with Gasteiger partial charge in [-0.1, -0.05) is 23.9 Å². The molecule has 2 aromatic rings. The van der Waals surface area contributed by atoms with Crippen molar-refractivity contribution >= 4 is 17.7 Å². The lowest BCUT2D eigenvalue weighted by Gasteiger charge is -2.45. The van der Waals surface area contributed by atoms with Crippen LogP contribution in [0.5, 0.6) is 0 Å². The summed E-state index contributed by atoms with van der Waals surface area (Å²) < 4.78 is 14.9. The molecule has 9 heteroatoms. The van der Waals surface area contributed by atoms with Crippen molar-refractivity contribution in [2.45, 2.75) is 24.1 Å². The molecule has 0 radical (unpaired) electrons. The van der Waals surface area contributed by atoms with Gasteiger partial charge in [0.25, 0.3) is 0 Å². The minimum absolute atomic E-state index is 0.0770. The van der Waals surface area contributed by atoms with E-state index in [0.29, 0.717) is 24.5 Å². The molecule has 2 heterocycles. The Morgan fingerprint density at radius 1 is 1.41 bits per heavy atom. The van der Waals surface area contributed by atoms with E-state index in [9.17, 15) is 19.4 Å². The molecule has 3 rings (SSSR count).